The molecule has 1 amide bonds. The summed E-state index contributed by atoms with van der Waals surface area (Å²) in [6, 6.07) is 10.9. The van der Waals surface area contributed by atoms with Crippen LogP contribution in [0, 0.1) is 0 Å². The molecule has 1 aromatic heterocycles. The number of aromatic amines is 1. The number of rotatable bonds is 2. The number of anilines is 1. The van der Waals surface area contributed by atoms with Crippen molar-refractivity contribution in [3.05, 3.63) is 64.1 Å². The molecule has 1 unspecified atom stereocenters. The van der Waals surface area contributed by atoms with Gasteiger partial charge >= 0.3 is 0 Å². The van der Waals surface area contributed by atoms with Gasteiger partial charge in [0.05, 0.1) is 6.04 Å². The molecular weight excluding hydrogens is 266 g/mol. The lowest BCUT2D eigenvalue weighted by molar-refractivity contribution is 0.0932. The van der Waals surface area contributed by atoms with E-state index in [2.05, 4.69) is 27.3 Å². The molecule has 1 aliphatic rings. The predicted octanol–water partition coefficient (Wildman–Crippen LogP) is 1.17. The molecule has 0 bridgehead atoms. The molecule has 0 radical (unpaired) electrons. The Bertz CT molecular complexity index is 723. The zero-order valence-corrected chi connectivity index (χ0v) is 11.8. The van der Waals surface area contributed by atoms with Gasteiger partial charge < -0.3 is 15.2 Å². The summed E-state index contributed by atoms with van der Waals surface area (Å²) in [5.41, 5.74) is 2.54. The maximum absolute atomic E-state index is 12.2. The molecule has 0 aliphatic carbocycles. The van der Waals surface area contributed by atoms with Crippen molar-refractivity contribution >= 4 is 11.6 Å². The number of carbonyl (C=O) groups excluding carboxylic acids is 1. The summed E-state index contributed by atoms with van der Waals surface area (Å²) < 4.78 is 0. The van der Waals surface area contributed by atoms with Gasteiger partial charge in [-0.25, -0.2) is 0 Å². The Morgan fingerprint density at radius 1 is 1.33 bits per heavy atom. The average molecular weight is 283 g/mol. The maximum atomic E-state index is 12.2. The molecule has 1 aliphatic heterocycles. The summed E-state index contributed by atoms with van der Waals surface area (Å²) >= 11 is 0. The van der Waals surface area contributed by atoms with Gasteiger partial charge in [0.2, 0.25) is 0 Å². The van der Waals surface area contributed by atoms with Gasteiger partial charge in [0.1, 0.15) is 5.69 Å². The summed E-state index contributed by atoms with van der Waals surface area (Å²) in [5, 5.41) is 2.98. The van der Waals surface area contributed by atoms with Gasteiger partial charge in [0, 0.05) is 37.6 Å². The van der Waals surface area contributed by atoms with Crippen LogP contribution in [0.2, 0.25) is 0 Å². The quantitative estimate of drug-likeness (QED) is 0.869. The van der Waals surface area contributed by atoms with E-state index in [-0.39, 0.29) is 17.4 Å². The van der Waals surface area contributed by atoms with E-state index in [1.807, 2.05) is 19.2 Å². The third-order valence-electron chi connectivity index (χ3n) is 3.72. The molecule has 3 rings (SSSR count). The zero-order valence-electron chi connectivity index (χ0n) is 11.8. The fourth-order valence-corrected chi connectivity index (χ4v) is 2.75. The van der Waals surface area contributed by atoms with Gasteiger partial charge in [0.15, 0.2) is 5.43 Å². The molecule has 0 fully saturated rings. The first kappa shape index (κ1) is 13.4. The van der Waals surface area contributed by atoms with Crippen LogP contribution in [0.3, 0.4) is 0 Å². The van der Waals surface area contributed by atoms with Crippen LogP contribution in [0.15, 0.2) is 47.4 Å². The highest BCUT2D eigenvalue weighted by Crippen LogP contribution is 2.25. The van der Waals surface area contributed by atoms with Crippen molar-refractivity contribution < 1.29 is 4.79 Å². The van der Waals surface area contributed by atoms with Crippen LogP contribution in [-0.4, -0.2) is 30.5 Å². The van der Waals surface area contributed by atoms with E-state index in [4.69, 9.17) is 0 Å². The van der Waals surface area contributed by atoms with Gasteiger partial charge in [-0.3, -0.25) is 9.59 Å². The monoisotopic (exact) mass is 283 g/mol. The minimum Gasteiger partial charge on any atom is -0.372 e. The number of carbonyl (C=O) groups is 1. The van der Waals surface area contributed by atoms with Crippen LogP contribution in [0.4, 0.5) is 5.69 Å². The van der Waals surface area contributed by atoms with Crippen LogP contribution in [0.1, 0.15) is 16.1 Å². The van der Waals surface area contributed by atoms with Crippen molar-refractivity contribution in [2.45, 2.75) is 12.5 Å². The molecule has 5 heteroatoms. The van der Waals surface area contributed by atoms with Crippen LogP contribution in [-0.2, 0) is 6.42 Å². The van der Waals surface area contributed by atoms with E-state index < -0.39 is 0 Å². The molecule has 2 aromatic rings. The topological polar surface area (TPSA) is 65.2 Å². The number of aromatic nitrogens is 1. The van der Waals surface area contributed by atoms with Gasteiger partial charge in [-0.15, -0.1) is 0 Å². The molecule has 5 nitrogen and oxygen atoms in total. The molecule has 2 heterocycles. The second kappa shape index (κ2) is 5.44. The normalized spacial score (nSPS) is 17.2. The van der Waals surface area contributed by atoms with Crippen molar-refractivity contribution in [1.29, 1.82) is 0 Å². The van der Waals surface area contributed by atoms with Gasteiger partial charge in [0.25, 0.3) is 5.91 Å². The van der Waals surface area contributed by atoms with Crippen molar-refractivity contribution in [3.8, 4) is 0 Å². The molecule has 0 spiro atoms. The van der Waals surface area contributed by atoms with E-state index in [0.29, 0.717) is 5.69 Å². The number of hydrogen-bond donors (Lipinski definition) is 2. The van der Waals surface area contributed by atoms with E-state index in [1.54, 1.807) is 0 Å². The number of pyridine rings is 1. The van der Waals surface area contributed by atoms with E-state index in [9.17, 15) is 9.59 Å². The highest BCUT2D eigenvalue weighted by Gasteiger charge is 2.23. The summed E-state index contributed by atoms with van der Waals surface area (Å²) in [6.07, 6.45) is 2.28. The van der Waals surface area contributed by atoms with Crippen molar-refractivity contribution in [2.24, 2.45) is 0 Å². The Hall–Kier alpha value is -2.56. The molecule has 1 atom stereocenters. The number of hydrogen-bond acceptors (Lipinski definition) is 3. The van der Waals surface area contributed by atoms with E-state index >= 15 is 0 Å². The zero-order chi connectivity index (χ0) is 14.8. The summed E-state index contributed by atoms with van der Waals surface area (Å²) in [7, 11) is 2.02. The number of H-pyrrole nitrogens is 1. The smallest absolute Gasteiger partial charge is 0.268 e. The van der Waals surface area contributed by atoms with Gasteiger partial charge in [-0.05, 0) is 18.1 Å². The summed E-state index contributed by atoms with van der Waals surface area (Å²) in [6.45, 7) is 0.750. The molecule has 2 N–H and O–H groups in total. The number of nitrogens with zero attached hydrogens (tertiary/aromatic N) is 1. The minimum absolute atomic E-state index is 0.0288. The molecule has 108 valence electrons. The molecule has 1 aromatic carbocycles. The number of fused-ring (bicyclic) bond motifs is 1. The second-order valence-corrected chi connectivity index (χ2v) is 5.32. The van der Waals surface area contributed by atoms with Gasteiger partial charge in [-0.1, -0.05) is 18.2 Å². The van der Waals surface area contributed by atoms with Crippen LogP contribution in [0.5, 0.6) is 0 Å². The fourth-order valence-electron chi connectivity index (χ4n) is 2.75. The lowest BCUT2D eigenvalue weighted by atomic mass is 9.98. The summed E-state index contributed by atoms with van der Waals surface area (Å²) in [4.78, 5) is 28.4. The Labute approximate surface area is 122 Å². The average Bonchev–Trinajstić information content (AvgIpc) is 2.47. The van der Waals surface area contributed by atoms with Crippen molar-refractivity contribution in [1.82, 2.24) is 10.3 Å². The number of amides is 1. The Kier molecular flexibility index (Phi) is 3.48. The SMILES string of the molecule is CN1CC(NC(=O)c2cc(=O)cc[nH]2)Cc2ccccc21. The van der Waals surface area contributed by atoms with Crippen LogP contribution < -0.4 is 15.6 Å². The Morgan fingerprint density at radius 2 is 2.14 bits per heavy atom. The highest BCUT2D eigenvalue weighted by molar-refractivity contribution is 5.92. The largest absolute Gasteiger partial charge is 0.372 e. The van der Waals surface area contributed by atoms with Crippen molar-refractivity contribution in [3.63, 3.8) is 0 Å². The first-order valence-corrected chi connectivity index (χ1v) is 6.92. The van der Waals surface area contributed by atoms with E-state index in [1.165, 1.54) is 29.6 Å². The second-order valence-electron chi connectivity index (χ2n) is 5.32. The molecule has 21 heavy (non-hydrogen) atoms. The standard InChI is InChI=1S/C16H17N3O2/c1-19-10-12(8-11-4-2-3-5-15(11)19)18-16(21)14-9-13(20)6-7-17-14/h2-7,9,12H,8,10H2,1H3,(H,17,20)(H,18,21). The third-order valence-corrected chi connectivity index (χ3v) is 3.72. The van der Waals surface area contributed by atoms with E-state index in [0.717, 1.165) is 13.0 Å². The Balaban J connectivity index is 1.75. The lowest BCUT2D eigenvalue weighted by Crippen LogP contribution is -2.47. The number of benzene rings is 1. The minimum atomic E-state index is -0.245. The first-order chi connectivity index (χ1) is 10.1. The lowest BCUT2D eigenvalue weighted by Gasteiger charge is -2.33. The molecule has 0 saturated carbocycles. The fraction of sp³-hybridized carbons (Fsp3) is 0.250. The van der Waals surface area contributed by atoms with Crippen LogP contribution >= 0.6 is 0 Å². The Morgan fingerprint density at radius 3 is 2.95 bits per heavy atom. The number of nitrogens with one attached hydrogen (secondary N) is 2. The number of para-hydroxylation sites is 1. The first-order valence-electron chi connectivity index (χ1n) is 6.92. The van der Waals surface area contributed by atoms with Crippen molar-refractivity contribution in [2.75, 3.05) is 18.5 Å². The third kappa shape index (κ3) is 2.81. The van der Waals surface area contributed by atoms with Crippen LogP contribution in [0.25, 0.3) is 0 Å². The molecule has 0 saturated heterocycles. The molecular formula is C16H17N3O2. The predicted molar refractivity (Wildman–Crippen MR) is 81.7 cm³/mol. The highest BCUT2D eigenvalue weighted by atomic mass is 16.2. The summed E-state index contributed by atoms with van der Waals surface area (Å²) in [5.74, 6) is -0.245. The van der Waals surface area contributed by atoms with Gasteiger partial charge in [-0.2, -0.15) is 0 Å². The number of likely N-dealkylation sites (N-methyl/N-ethyl adjacent to an activating group) is 1. The maximum Gasteiger partial charge on any atom is 0.268 e.